The summed E-state index contributed by atoms with van der Waals surface area (Å²) >= 11 is 1.50. The minimum atomic E-state index is -0.556. The van der Waals surface area contributed by atoms with Crippen LogP contribution >= 0.6 is 11.8 Å². The summed E-state index contributed by atoms with van der Waals surface area (Å²) in [5.41, 5.74) is 6.09. The topological polar surface area (TPSA) is 72.2 Å². The second kappa shape index (κ2) is 7.66. The summed E-state index contributed by atoms with van der Waals surface area (Å²) in [6.07, 6.45) is 0.685. The van der Waals surface area contributed by atoms with Gasteiger partial charge in [-0.15, -0.1) is 11.8 Å². The van der Waals surface area contributed by atoms with Crippen LogP contribution in [0.5, 0.6) is 0 Å². The first-order chi connectivity index (χ1) is 10.6. The lowest BCUT2D eigenvalue weighted by Gasteiger charge is -2.16. The Morgan fingerprint density at radius 2 is 1.73 bits per heavy atom. The second-order valence-corrected chi connectivity index (χ2v) is 6.00. The first kappa shape index (κ1) is 16.1. The van der Waals surface area contributed by atoms with Crippen LogP contribution in [0.3, 0.4) is 0 Å². The van der Waals surface area contributed by atoms with Crippen LogP contribution in [-0.4, -0.2) is 17.1 Å². The highest BCUT2D eigenvalue weighted by atomic mass is 32.2. The van der Waals surface area contributed by atoms with Crippen molar-refractivity contribution >= 4 is 29.3 Å². The predicted molar refractivity (Wildman–Crippen MR) is 90.0 cm³/mol. The molecule has 0 spiro atoms. The lowest BCUT2D eigenvalue weighted by molar-refractivity contribution is -0.115. The van der Waals surface area contributed by atoms with E-state index in [2.05, 4.69) is 5.32 Å². The van der Waals surface area contributed by atoms with Gasteiger partial charge >= 0.3 is 0 Å². The lowest BCUT2D eigenvalue weighted by Crippen LogP contribution is -2.26. The molecule has 0 heterocycles. The summed E-state index contributed by atoms with van der Waals surface area (Å²) in [5, 5.41) is 2.57. The third-order valence-corrected chi connectivity index (χ3v) is 4.51. The molecular weight excluding hydrogens is 296 g/mol. The summed E-state index contributed by atoms with van der Waals surface area (Å²) in [6, 6.07) is 16.5. The molecule has 0 aliphatic heterocycles. The third-order valence-electron chi connectivity index (χ3n) is 3.14. The number of thioether (sulfide) groups is 1. The maximum atomic E-state index is 12.4. The molecule has 0 radical (unpaired) electrons. The van der Waals surface area contributed by atoms with Gasteiger partial charge in [0.05, 0.1) is 16.5 Å². The number of nitrogens with two attached hydrogens (primary N) is 1. The number of hydrogen-bond donors (Lipinski definition) is 2. The van der Waals surface area contributed by atoms with Gasteiger partial charge in [0.2, 0.25) is 5.91 Å². The first-order valence-electron chi connectivity index (χ1n) is 7.03. The Bertz CT molecular complexity index is 659. The van der Waals surface area contributed by atoms with Crippen molar-refractivity contribution < 1.29 is 9.59 Å². The Hall–Kier alpha value is -2.27. The molecule has 0 bridgehead atoms. The van der Waals surface area contributed by atoms with Crippen LogP contribution in [0.4, 0.5) is 5.69 Å². The number of rotatable bonds is 6. The van der Waals surface area contributed by atoms with Gasteiger partial charge in [-0.1, -0.05) is 37.3 Å². The smallest absolute Gasteiger partial charge is 0.250 e. The number of carbonyl (C=O) groups is 2. The second-order valence-electron chi connectivity index (χ2n) is 4.73. The molecule has 2 amide bonds. The zero-order valence-electron chi connectivity index (χ0n) is 12.3. The van der Waals surface area contributed by atoms with Gasteiger partial charge in [-0.05, 0) is 30.7 Å². The van der Waals surface area contributed by atoms with Crippen molar-refractivity contribution in [3.63, 3.8) is 0 Å². The fourth-order valence-corrected chi connectivity index (χ4v) is 2.98. The van der Waals surface area contributed by atoms with Gasteiger partial charge in [-0.25, -0.2) is 0 Å². The molecule has 0 aliphatic carbocycles. The highest BCUT2D eigenvalue weighted by Crippen LogP contribution is 2.26. The molecule has 0 aromatic heterocycles. The van der Waals surface area contributed by atoms with Crippen LogP contribution in [0.15, 0.2) is 59.5 Å². The summed E-state index contributed by atoms with van der Waals surface area (Å²) in [6.45, 7) is 1.96. The fraction of sp³-hybridized carbons (Fsp3) is 0.176. The van der Waals surface area contributed by atoms with E-state index in [-0.39, 0.29) is 11.2 Å². The third kappa shape index (κ3) is 4.11. The van der Waals surface area contributed by atoms with E-state index in [1.807, 2.05) is 37.3 Å². The highest BCUT2D eigenvalue weighted by molar-refractivity contribution is 8.00. The average molecular weight is 314 g/mol. The Labute approximate surface area is 134 Å². The van der Waals surface area contributed by atoms with Gasteiger partial charge in [-0.2, -0.15) is 0 Å². The molecule has 1 atom stereocenters. The van der Waals surface area contributed by atoms with Crippen LogP contribution in [0.25, 0.3) is 0 Å². The molecule has 22 heavy (non-hydrogen) atoms. The van der Waals surface area contributed by atoms with Crippen LogP contribution in [0.1, 0.15) is 23.7 Å². The van der Waals surface area contributed by atoms with E-state index in [0.717, 1.165) is 4.90 Å². The quantitative estimate of drug-likeness (QED) is 0.804. The van der Waals surface area contributed by atoms with Gasteiger partial charge in [0.15, 0.2) is 0 Å². The standard InChI is InChI=1S/C17H18N2O2S/c1-2-15(22-12-8-4-3-5-9-12)17(21)19-14-11-7-6-10-13(14)16(18)20/h3-11,15H,2H2,1H3,(H2,18,20)(H,19,21). The Morgan fingerprint density at radius 3 is 2.36 bits per heavy atom. The highest BCUT2D eigenvalue weighted by Gasteiger charge is 2.19. The van der Waals surface area contributed by atoms with Crippen LogP contribution in [0, 0.1) is 0 Å². The van der Waals surface area contributed by atoms with E-state index in [1.54, 1.807) is 24.3 Å². The number of amides is 2. The van der Waals surface area contributed by atoms with Crippen LogP contribution in [0.2, 0.25) is 0 Å². The van der Waals surface area contributed by atoms with Crippen molar-refractivity contribution in [3.8, 4) is 0 Å². The van der Waals surface area contributed by atoms with Crippen molar-refractivity contribution in [2.45, 2.75) is 23.5 Å². The van der Waals surface area contributed by atoms with Crippen LogP contribution in [-0.2, 0) is 4.79 Å². The normalized spacial score (nSPS) is 11.7. The predicted octanol–water partition coefficient (Wildman–Crippen LogP) is 3.29. The summed E-state index contributed by atoms with van der Waals surface area (Å²) < 4.78 is 0. The van der Waals surface area contributed by atoms with E-state index in [9.17, 15) is 9.59 Å². The molecule has 2 aromatic carbocycles. The molecule has 0 saturated heterocycles. The molecule has 0 fully saturated rings. The summed E-state index contributed by atoms with van der Waals surface area (Å²) in [4.78, 5) is 24.9. The van der Waals surface area contributed by atoms with Gasteiger partial charge in [0.25, 0.3) is 5.91 Å². The molecule has 0 saturated carbocycles. The monoisotopic (exact) mass is 314 g/mol. The zero-order valence-corrected chi connectivity index (χ0v) is 13.1. The minimum Gasteiger partial charge on any atom is -0.366 e. The number of benzene rings is 2. The summed E-state index contributed by atoms with van der Waals surface area (Å²) in [7, 11) is 0. The largest absolute Gasteiger partial charge is 0.366 e. The van der Waals surface area contributed by atoms with Crippen molar-refractivity contribution in [2.75, 3.05) is 5.32 Å². The maximum absolute atomic E-state index is 12.4. The molecule has 4 nitrogen and oxygen atoms in total. The van der Waals surface area contributed by atoms with Crippen molar-refractivity contribution in [1.82, 2.24) is 0 Å². The number of anilines is 1. The number of para-hydroxylation sites is 1. The average Bonchev–Trinajstić information content (AvgIpc) is 2.53. The molecule has 2 aromatic rings. The van der Waals surface area contributed by atoms with E-state index in [4.69, 9.17) is 5.73 Å². The Kier molecular flexibility index (Phi) is 5.61. The maximum Gasteiger partial charge on any atom is 0.250 e. The summed E-state index contributed by atoms with van der Waals surface area (Å²) in [5.74, 6) is -0.690. The molecule has 114 valence electrons. The molecular formula is C17H18N2O2S. The van der Waals surface area contributed by atoms with Crippen molar-refractivity contribution in [2.24, 2.45) is 5.73 Å². The van der Waals surface area contributed by atoms with E-state index in [1.165, 1.54) is 11.8 Å². The van der Waals surface area contributed by atoms with Crippen LogP contribution < -0.4 is 11.1 Å². The number of nitrogens with one attached hydrogen (secondary N) is 1. The SMILES string of the molecule is CCC(Sc1ccccc1)C(=O)Nc1ccccc1C(N)=O. The Balaban J connectivity index is 2.11. The van der Waals surface area contributed by atoms with Gasteiger partial charge in [0, 0.05) is 4.90 Å². The van der Waals surface area contributed by atoms with Gasteiger partial charge < -0.3 is 11.1 Å². The number of carbonyl (C=O) groups excluding carboxylic acids is 2. The molecule has 3 N–H and O–H groups in total. The number of primary amides is 1. The van der Waals surface area contributed by atoms with E-state index < -0.39 is 5.91 Å². The van der Waals surface area contributed by atoms with E-state index in [0.29, 0.717) is 17.7 Å². The fourth-order valence-electron chi connectivity index (χ4n) is 2.01. The van der Waals surface area contributed by atoms with Crippen molar-refractivity contribution in [3.05, 3.63) is 60.2 Å². The first-order valence-corrected chi connectivity index (χ1v) is 7.91. The molecule has 5 heteroatoms. The lowest BCUT2D eigenvalue weighted by atomic mass is 10.1. The van der Waals surface area contributed by atoms with Crippen molar-refractivity contribution in [1.29, 1.82) is 0 Å². The van der Waals surface area contributed by atoms with Gasteiger partial charge in [-0.3, -0.25) is 9.59 Å². The molecule has 2 rings (SSSR count). The minimum absolute atomic E-state index is 0.134. The zero-order chi connectivity index (χ0) is 15.9. The molecule has 0 aliphatic rings. The number of hydrogen-bond acceptors (Lipinski definition) is 3. The van der Waals surface area contributed by atoms with E-state index >= 15 is 0 Å². The Morgan fingerprint density at radius 1 is 1.09 bits per heavy atom. The van der Waals surface area contributed by atoms with Gasteiger partial charge in [0.1, 0.15) is 0 Å². The molecule has 1 unspecified atom stereocenters.